The van der Waals surface area contributed by atoms with E-state index in [1.165, 1.54) is 7.11 Å². The maximum Gasteiger partial charge on any atom is 0.244 e. The van der Waals surface area contributed by atoms with E-state index < -0.39 is 0 Å². The van der Waals surface area contributed by atoms with Gasteiger partial charge in [0.25, 0.3) is 0 Å². The van der Waals surface area contributed by atoms with Crippen LogP contribution in [-0.2, 0) is 4.84 Å². The standard InChI is InChI=1S/C12H7N5O2/c1-18-15-9-7-5-3-2-4-6(7)8-10(9)14-12-11(13-8)16-19-17-12/h2-5H,1H3/b15-9-. The summed E-state index contributed by atoms with van der Waals surface area (Å²) < 4.78 is 4.63. The van der Waals surface area contributed by atoms with E-state index in [1.54, 1.807) is 0 Å². The summed E-state index contributed by atoms with van der Waals surface area (Å²) in [6.45, 7) is 0. The molecule has 0 bridgehead atoms. The van der Waals surface area contributed by atoms with Gasteiger partial charge in [-0.25, -0.2) is 14.6 Å². The summed E-state index contributed by atoms with van der Waals surface area (Å²) in [5.74, 6) is 0. The van der Waals surface area contributed by atoms with Crippen molar-refractivity contribution >= 4 is 17.0 Å². The van der Waals surface area contributed by atoms with Crippen molar-refractivity contribution in [1.82, 2.24) is 20.3 Å². The molecule has 1 aliphatic rings. The second-order valence-electron chi connectivity index (χ2n) is 4.00. The smallest absolute Gasteiger partial charge is 0.244 e. The quantitative estimate of drug-likeness (QED) is 0.476. The van der Waals surface area contributed by atoms with Crippen LogP contribution in [0.3, 0.4) is 0 Å². The Morgan fingerprint density at radius 1 is 1.00 bits per heavy atom. The lowest BCUT2D eigenvalue weighted by Gasteiger charge is -1.97. The Kier molecular flexibility index (Phi) is 1.91. The van der Waals surface area contributed by atoms with Crippen molar-refractivity contribution in [1.29, 1.82) is 0 Å². The highest BCUT2D eigenvalue weighted by Gasteiger charge is 2.29. The highest BCUT2D eigenvalue weighted by atomic mass is 16.6. The molecule has 0 unspecified atom stereocenters. The summed E-state index contributed by atoms with van der Waals surface area (Å²) in [7, 11) is 1.50. The Hall–Kier alpha value is -2.83. The van der Waals surface area contributed by atoms with Gasteiger partial charge in [0.05, 0.1) is 0 Å². The maximum absolute atomic E-state index is 4.89. The van der Waals surface area contributed by atoms with Crippen molar-refractivity contribution in [2.24, 2.45) is 5.16 Å². The lowest BCUT2D eigenvalue weighted by Crippen LogP contribution is -2.02. The Morgan fingerprint density at radius 3 is 2.42 bits per heavy atom. The van der Waals surface area contributed by atoms with Gasteiger partial charge in [0.15, 0.2) is 0 Å². The molecular weight excluding hydrogens is 246 g/mol. The number of hydrogen-bond donors (Lipinski definition) is 0. The zero-order valence-electron chi connectivity index (χ0n) is 9.86. The van der Waals surface area contributed by atoms with Gasteiger partial charge in [-0.1, -0.05) is 29.4 Å². The summed E-state index contributed by atoms with van der Waals surface area (Å²) in [5, 5.41) is 11.4. The molecule has 0 saturated heterocycles. The molecule has 0 saturated carbocycles. The number of nitrogens with zero attached hydrogens (tertiary/aromatic N) is 5. The maximum atomic E-state index is 4.89. The molecule has 0 atom stereocenters. The van der Waals surface area contributed by atoms with Crippen LogP contribution >= 0.6 is 0 Å². The minimum Gasteiger partial charge on any atom is -0.399 e. The van der Waals surface area contributed by atoms with Gasteiger partial charge < -0.3 is 4.84 Å². The first-order chi connectivity index (χ1) is 9.38. The van der Waals surface area contributed by atoms with E-state index in [4.69, 9.17) is 4.84 Å². The molecule has 4 rings (SSSR count). The van der Waals surface area contributed by atoms with Crippen LogP contribution in [0.5, 0.6) is 0 Å². The Morgan fingerprint density at radius 2 is 1.68 bits per heavy atom. The van der Waals surface area contributed by atoms with Gasteiger partial charge in [-0.05, 0) is 10.3 Å². The molecule has 0 spiro atoms. The van der Waals surface area contributed by atoms with Crippen LogP contribution in [0.2, 0.25) is 0 Å². The van der Waals surface area contributed by atoms with Crippen molar-refractivity contribution in [3.05, 3.63) is 35.5 Å². The largest absolute Gasteiger partial charge is 0.399 e. The number of hydrogen-bond acceptors (Lipinski definition) is 7. The molecule has 3 aromatic rings. The number of fused-ring (bicyclic) bond motifs is 4. The molecule has 7 nitrogen and oxygen atoms in total. The van der Waals surface area contributed by atoms with E-state index in [0.717, 1.165) is 16.8 Å². The van der Waals surface area contributed by atoms with Gasteiger partial charge in [0, 0.05) is 11.1 Å². The van der Waals surface area contributed by atoms with Gasteiger partial charge in [-0.15, -0.1) is 0 Å². The SMILES string of the molecule is CO/N=C1/c2ccccc2-c2nc3nonc3nc21. The van der Waals surface area contributed by atoms with Crippen LogP contribution in [0.15, 0.2) is 34.1 Å². The van der Waals surface area contributed by atoms with Gasteiger partial charge in [-0.2, -0.15) is 0 Å². The number of aromatic nitrogens is 4. The Labute approximate surface area is 106 Å². The van der Waals surface area contributed by atoms with Gasteiger partial charge >= 0.3 is 0 Å². The van der Waals surface area contributed by atoms with E-state index in [9.17, 15) is 0 Å². The zero-order chi connectivity index (χ0) is 12.8. The van der Waals surface area contributed by atoms with Crippen LogP contribution in [0, 0.1) is 0 Å². The average Bonchev–Trinajstić information content (AvgIpc) is 3.01. The van der Waals surface area contributed by atoms with Crippen LogP contribution in [0.4, 0.5) is 0 Å². The fourth-order valence-electron chi connectivity index (χ4n) is 2.20. The van der Waals surface area contributed by atoms with E-state index in [1.807, 2.05) is 24.3 Å². The van der Waals surface area contributed by atoms with Crippen LogP contribution in [0.1, 0.15) is 11.3 Å². The number of rotatable bonds is 1. The summed E-state index contributed by atoms with van der Waals surface area (Å²) >= 11 is 0. The summed E-state index contributed by atoms with van der Waals surface area (Å²) in [6, 6.07) is 7.78. The van der Waals surface area contributed by atoms with E-state index in [-0.39, 0.29) is 0 Å². The molecule has 0 aliphatic heterocycles. The minimum atomic E-state index is 0.357. The summed E-state index contributed by atoms with van der Waals surface area (Å²) in [5.41, 5.74) is 4.61. The summed E-state index contributed by atoms with van der Waals surface area (Å²) in [4.78, 5) is 13.7. The molecule has 2 heterocycles. The minimum absolute atomic E-state index is 0.357. The number of benzene rings is 1. The normalized spacial score (nSPS) is 14.7. The van der Waals surface area contributed by atoms with Crippen molar-refractivity contribution in [3.8, 4) is 11.3 Å². The topological polar surface area (TPSA) is 86.3 Å². The highest BCUT2D eigenvalue weighted by molar-refractivity contribution is 6.23. The third-order valence-electron chi connectivity index (χ3n) is 2.96. The molecule has 1 aliphatic carbocycles. The number of oxime groups is 1. The molecule has 2 aromatic heterocycles. The lowest BCUT2D eigenvalue weighted by molar-refractivity contribution is 0.214. The Balaban J connectivity index is 2.11. The average molecular weight is 253 g/mol. The predicted octanol–water partition coefficient (Wildman–Crippen LogP) is 1.39. The van der Waals surface area contributed by atoms with Gasteiger partial charge in [0.1, 0.15) is 24.2 Å². The molecule has 7 heteroatoms. The molecule has 19 heavy (non-hydrogen) atoms. The Bertz CT molecular complexity index is 824. The summed E-state index contributed by atoms with van der Waals surface area (Å²) in [6.07, 6.45) is 0. The zero-order valence-corrected chi connectivity index (χ0v) is 9.86. The predicted molar refractivity (Wildman–Crippen MR) is 65.5 cm³/mol. The first-order valence-corrected chi connectivity index (χ1v) is 5.60. The van der Waals surface area contributed by atoms with Crippen LogP contribution < -0.4 is 0 Å². The third kappa shape index (κ3) is 1.29. The van der Waals surface area contributed by atoms with Crippen molar-refractivity contribution < 1.29 is 9.47 Å². The second-order valence-corrected chi connectivity index (χ2v) is 4.00. The third-order valence-corrected chi connectivity index (χ3v) is 2.96. The van der Waals surface area contributed by atoms with E-state index in [2.05, 4.69) is 30.1 Å². The highest BCUT2D eigenvalue weighted by Crippen LogP contribution is 2.34. The molecule has 1 aromatic carbocycles. The van der Waals surface area contributed by atoms with E-state index >= 15 is 0 Å². The molecule has 0 N–H and O–H groups in total. The first kappa shape index (κ1) is 10.1. The lowest BCUT2D eigenvalue weighted by atomic mass is 10.1. The monoisotopic (exact) mass is 253 g/mol. The first-order valence-electron chi connectivity index (χ1n) is 5.60. The fourth-order valence-corrected chi connectivity index (χ4v) is 2.20. The van der Waals surface area contributed by atoms with Crippen LogP contribution in [-0.4, -0.2) is 33.1 Å². The fraction of sp³-hybridized carbons (Fsp3) is 0.0833. The molecule has 0 amide bonds. The molecular formula is C12H7N5O2. The molecule has 0 radical (unpaired) electrons. The van der Waals surface area contributed by atoms with Crippen LogP contribution in [0.25, 0.3) is 22.6 Å². The molecule has 0 fully saturated rings. The van der Waals surface area contributed by atoms with Crippen molar-refractivity contribution in [3.63, 3.8) is 0 Å². The second kappa shape index (κ2) is 3.58. The van der Waals surface area contributed by atoms with Gasteiger partial charge in [0.2, 0.25) is 11.3 Å². The van der Waals surface area contributed by atoms with Gasteiger partial charge in [-0.3, -0.25) is 0 Å². The molecule has 92 valence electrons. The van der Waals surface area contributed by atoms with Crippen molar-refractivity contribution in [2.75, 3.05) is 7.11 Å². The van der Waals surface area contributed by atoms with Crippen molar-refractivity contribution in [2.45, 2.75) is 0 Å². The van der Waals surface area contributed by atoms with E-state index in [0.29, 0.717) is 22.7 Å².